The van der Waals surface area contributed by atoms with Crippen molar-refractivity contribution in [2.75, 3.05) is 33.0 Å². The van der Waals surface area contributed by atoms with Crippen molar-refractivity contribution in [1.29, 1.82) is 0 Å². The molecule has 0 aromatic carbocycles. The van der Waals surface area contributed by atoms with Crippen LogP contribution in [-0.4, -0.2) is 251 Å². The van der Waals surface area contributed by atoms with Gasteiger partial charge in [-0.05, 0) is 91.3 Å². The predicted molar refractivity (Wildman–Crippen MR) is 245 cm³/mol. The molecule has 1 spiro atoms. The largest absolute Gasteiger partial charge is 0.394 e. The van der Waals surface area contributed by atoms with Crippen LogP contribution in [0.25, 0.3) is 0 Å². The first kappa shape index (κ1) is 56.3. The summed E-state index contributed by atoms with van der Waals surface area (Å²) in [5.74, 6) is 0.989. The third-order valence-corrected chi connectivity index (χ3v) is 20.0. The Morgan fingerprint density at radius 1 is 0.500 bits per heavy atom. The fraction of sp³-hybridized carbons (Fsp3) is 1.00. The summed E-state index contributed by atoms with van der Waals surface area (Å²) in [5.41, 5.74) is -0.460. The summed E-state index contributed by atoms with van der Waals surface area (Å²) in [6.45, 7) is 6.60. The first-order valence-corrected chi connectivity index (χ1v) is 26.9. The Labute approximate surface area is 429 Å². The Bertz CT molecular complexity index is 1900. The Balaban J connectivity index is 0.834. The van der Waals surface area contributed by atoms with E-state index in [1.165, 1.54) is 0 Å². The highest BCUT2D eigenvalue weighted by molar-refractivity contribution is 5.17. The normalized spacial score (nSPS) is 58.6. The minimum absolute atomic E-state index is 0.00497. The van der Waals surface area contributed by atoms with E-state index in [4.69, 9.17) is 47.4 Å². The molecule has 74 heavy (non-hydrogen) atoms. The van der Waals surface area contributed by atoms with Crippen LogP contribution in [0.4, 0.5) is 0 Å². The molecule has 10 aliphatic rings. The maximum absolute atomic E-state index is 12.1. The zero-order chi connectivity index (χ0) is 53.1. The molecular weight excluding hydrogens is 985 g/mol. The molecule has 6 saturated heterocycles. The Morgan fingerprint density at radius 3 is 1.81 bits per heavy atom. The fourth-order valence-corrected chi connectivity index (χ4v) is 16.0. The smallest absolute Gasteiger partial charge is 0.187 e. The molecule has 10 rings (SSSR count). The van der Waals surface area contributed by atoms with Crippen molar-refractivity contribution in [3.63, 3.8) is 0 Å². The van der Waals surface area contributed by atoms with E-state index in [9.17, 15) is 71.5 Å². The lowest BCUT2D eigenvalue weighted by molar-refractivity contribution is -0.404. The van der Waals surface area contributed by atoms with Gasteiger partial charge in [0.15, 0.2) is 30.9 Å². The second-order valence-corrected chi connectivity index (χ2v) is 24.2. The molecule has 6 heterocycles. The van der Waals surface area contributed by atoms with Crippen molar-refractivity contribution in [3.8, 4) is 0 Å². The van der Waals surface area contributed by atoms with E-state index in [-0.39, 0.29) is 48.0 Å². The van der Waals surface area contributed by atoms with Gasteiger partial charge in [-0.25, -0.2) is 0 Å². The van der Waals surface area contributed by atoms with Crippen LogP contribution in [0.5, 0.6) is 0 Å². The second-order valence-electron chi connectivity index (χ2n) is 24.2. The third-order valence-electron chi connectivity index (χ3n) is 20.0. The van der Waals surface area contributed by atoms with Crippen LogP contribution < -0.4 is 0 Å². The van der Waals surface area contributed by atoms with Gasteiger partial charge in [-0.3, -0.25) is 0 Å². The van der Waals surface area contributed by atoms with Gasteiger partial charge in [0, 0.05) is 12.3 Å². The summed E-state index contributed by atoms with van der Waals surface area (Å²) in [7, 11) is 0. The maximum atomic E-state index is 12.1. The molecule has 0 bridgehead atoms. The molecule has 0 amide bonds. The average Bonchev–Trinajstić information content (AvgIpc) is 3.82. The number of aliphatic hydroxyl groups excluding tert-OH is 14. The monoisotopic (exact) mass is 1070 g/mol. The van der Waals surface area contributed by atoms with Crippen LogP contribution in [0.3, 0.4) is 0 Å². The summed E-state index contributed by atoms with van der Waals surface area (Å²) < 4.78 is 60.9. The van der Waals surface area contributed by atoms with Crippen molar-refractivity contribution >= 4 is 0 Å². The molecule has 10 fully saturated rings. The highest BCUT2D eigenvalue weighted by Gasteiger charge is 2.70. The maximum Gasteiger partial charge on any atom is 0.187 e. The van der Waals surface area contributed by atoms with Crippen LogP contribution in [0.1, 0.15) is 79.1 Å². The van der Waals surface area contributed by atoms with Gasteiger partial charge in [-0.2, -0.15) is 0 Å². The van der Waals surface area contributed by atoms with Crippen LogP contribution >= 0.6 is 0 Å². The van der Waals surface area contributed by atoms with Gasteiger partial charge in [-0.1, -0.05) is 27.7 Å². The average molecular weight is 1070 g/mol. The molecule has 6 aliphatic heterocycles. The Morgan fingerprint density at radius 2 is 1.12 bits per heavy atom. The standard InChI is InChI=1S/C50H82O24/c1-18-5-8-50(66-16-18)19(2)32-28(74-50)10-22-20-9-24(54)23-11-27(25(55)12-49(23,4)21(20)6-7-48(22,32)3)67-45-40(64)37(61)41(31(15-53)70-45)71-47-43(73-46-39(63)36(60)34(58)29(13-51)68-46)42(35(59)30(14-52)69-47)72-44-38(62)33(57)26(56)17-65-44/h18-47,51-64H,5-17H2,1-4H3/t18-,19+,20-,21+,22+,23-,24-,25-,26-,27-,28+,29-,30-,31-,32+,33+,34-,35-,36+,37-,38-,39-,40-,41+,42+,43-,44+,45-,46+,47+,48+,49-,50-/m1/s1. The fourth-order valence-electron chi connectivity index (χ4n) is 16.0. The quantitative estimate of drug-likeness (QED) is 0.0870. The van der Waals surface area contributed by atoms with E-state index in [0.29, 0.717) is 30.8 Å². The molecule has 14 N–H and O–H groups in total. The van der Waals surface area contributed by atoms with E-state index in [0.717, 1.165) is 32.1 Å². The van der Waals surface area contributed by atoms with E-state index in [1.54, 1.807) is 0 Å². The third kappa shape index (κ3) is 9.45. The topological polar surface area (TPSA) is 376 Å². The van der Waals surface area contributed by atoms with Crippen molar-refractivity contribution < 1.29 is 119 Å². The van der Waals surface area contributed by atoms with E-state index in [1.807, 2.05) is 0 Å². The van der Waals surface area contributed by atoms with Crippen LogP contribution in [0.2, 0.25) is 0 Å². The number of ether oxygens (including phenoxy) is 10. The van der Waals surface area contributed by atoms with E-state index in [2.05, 4.69) is 27.7 Å². The Kier molecular flexibility index (Phi) is 16.4. The molecule has 0 aromatic rings. The first-order chi connectivity index (χ1) is 35.1. The highest BCUT2D eigenvalue weighted by atomic mass is 16.8. The second kappa shape index (κ2) is 21.5. The van der Waals surface area contributed by atoms with E-state index >= 15 is 0 Å². The molecule has 0 aromatic heterocycles. The SMILES string of the molecule is C[C@@H]1CC[C@@]2(OC1)O[C@H]1C[C@H]3[C@@H]4C[C@@H](O)[C@H]5C[C@@H](O[C@@H]6O[C@H](CO)[C@H](O[C@@H]7O[C@H](CO)[C@@H](O)[C@H](O[C@@H]8OC[C@@H](O)[C@H](O)[C@H]8O)[C@H]7O[C@@H]7O[C@H](CO)[C@@H](O)[C@H](O)[C@H]7O)[C@H](O)[C@H]6O)[C@H](O)C[C@]5(C)[C@H]4CC[C@]3(C)[C@H]1[C@@H]2C. The van der Waals surface area contributed by atoms with Gasteiger partial charge < -0.3 is 119 Å². The number of aliphatic hydroxyl groups is 14. The molecule has 4 saturated carbocycles. The molecule has 426 valence electrons. The lowest BCUT2D eigenvalue weighted by Crippen LogP contribution is -2.68. The van der Waals surface area contributed by atoms with E-state index < -0.39 is 173 Å². The summed E-state index contributed by atoms with van der Waals surface area (Å²) in [4.78, 5) is 0. The van der Waals surface area contributed by atoms with Gasteiger partial charge in [0.2, 0.25) is 0 Å². The van der Waals surface area contributed by atoms with Crippen LogP contribution in [-0.2, 0) is 47.4 Å². The number of fused-ring (bicyclic) bond motifs is 7. The van der Waals surface area contributed by atoms with Gasteiger partial charge in [0.1, 0.15) is 91.6 Å². The number of hydrogen-bond donors (Lipinski definition) is 14. The first-order valence-electron chi connectivity index (χ1n) is 26.9. The molecule has 0 radical (unpaired) electrons. The lowest BCUT2D eigenvalue weighted by Gasteiger charge is -2.63. The molecule has 24 heteroatoms. The molecule has 4 aliphatic carbocycles. The van der Waals surface area contributed by atoms with Crippen LogP contribution in [0.15, 0.2) is 0 Å². The highest BCUT2D eigenvalue weighted by Crippen LogP contribution is 2.71. The molecule has 0 unspecified atom stereocenters. The summed E-state index contributed by atoms with van der Waals surface area (Å²) in [5, 5.41) is 153. The molecule has 33 atom stereocenters. The van der Waals surface area contributed by atoms with Crippen molar-refractivity contribution in [3.05, 3.63) is 0 Å². The zero-order valence-corrected chi connectivity index (χ0v) is 42.4. The minimum Gasteiger partial charge on any atom is -0.394 e. The van der Waals surface area contributed by atoms with Gasteiger partial charge >= 0.3 is 0 Å². The zero-order valence-electron chi connectivity index (χ0n) is 42.4. The minimum atomic E-state index is -2.04. The van der Waals surface area contributed by atoms with Gasteiger partial charge in [-0.15, -0.1) is 0 Å². The molecule has 24 nitrogen and oxygen atoms in total. The summed E-state index contributed by atoms with van der Waals surface area (Å²) in [6, 6.07) is 0. The van der Waals surface area contributed by atoms with Crippen molar-refractivity contribution in [2.24, 2.45) is 52.3 Å². The lowest BCUT2D eigenvalue weighted by atomic mass is 9.43. The Hall–Kier alpha value is -0.960. The van der Waals surface area contributed by atoms with Crippen LogP contribution in [0, 0.1) is 52.3 Å². The van der Waals surface area contributed by atoms with Gasteiger partial charge in [0.25, 0.3) is 0 Å². The molecular formula is C50H82O24. The van der Waals surface area contributed by atoms with Crippen molar-refractivity contribution in [1.82, 2.24) is 0 Å². The number of hydrogen-bond acceptors (Lipinski definition) is 24. The summed E-state index contributed by atoms with van der Waals surface area (Å²) >= 11 is 0. The summed E-state index contributed by atoms with van der Waals surface area (Å²) in [6.07, 6.45) is -31.1. The predicted octanol–water partition coefficient (Wildman–Crippen LogP) is -4.33. The van der Waals surface area contributed by atoms with Gasteiger partial charge in [0.05, 0.1) is 57.5 Å². The number of rotatable bonds is 11. The van der Waals surface area contributed by atoms with Crippen molar-refractivity contribution in [2.45, 2.75) is 226 Å².